The molecule has 2 heterocycles. The van der Waals surface area contributed by atoms with E-state index in [1.165, 1.54) is 10.8 Å². The number of hydrogen-bond acceptors (Lipinski definition) is 1. The minimum Gasteiger partial charge on any atom is -1.00 e. The number of nitrogens with zero attached hydrogens (tertiary/aromatic N) is 2. The van der Waals surface area contributed by atoms with Gasteiger partial charge < -0.3 is 39.1 Å². The summed E-state index contributed by atoms with van der Waals surface area (Å²) in [4.78, 5) is 0. The lowest BCUT2D eigenvalue weighted by molar-refractivity contribution is -0.714. The number of pyridine rings is 2. The predicted octanol–water partition coefficient (Wildman–Crippen LogP) is -3.36. The topological polar surface area (TPSA) is 28.0 Å². The van der Waals surface area contributed by atoms with Crippen molar-refractivity contribution in [3.05, 3.63) is 85.2 Å². The third-order valence-electron chi connectivity index (χ3n) is 4.39. The van der Waals surface area contributed by atoms with Gasteiger partial charge in [-0.05, 0) is 24.3 Å². The molecule has 0 aliphatic rings. The number of halogens is 2. The Hall–Kier alpha value is -1.82. The first-order chi connectivity index (χ1) is 11.8. The van der Waals surface area contributed by atoms with Crippen LogP contribution in [0.15, 0.2) is 85.2 Å². The summed E-state index contributed by atoms with van der Waals surface area (Å²) in [6.07, 6.45) is 3.59. The molecular weight excluding hydrogens is 456 g/mol. The van der Waals surface area contributed by atoms with Crippen molar-refractivity contribution in [3.63, 3.8) is 0 Å². The largest absolute Gasteiger partial charge is 1.00 e. The minimum absolute atomic E-state index is 0. The number of aromatic nitrogens is 2. The Balaban J connectivity index is 0.00000121. The average molecular weight is 476 g/mol. The maximum atomic E-state index is 10.6. The Morgan fingerprint density at radius 1 is 0.615 bits per heavy atom. The number of benzene rings is 2. The van der Waals surface area contributed by atoms with Crippen molar-refractivity contribution in [1.29, 1.82) is 0 Å². The van der Waals surface area contributed by atoms with Crippen LogP contribution in [0.4, 0.5) is 0 Å². The van der Waals surface area contributed by atoms with Crippen LogP contribution in [0.2, 0.25) is 0 Å². The van der Waals surface area contributed by atoms with Crippen LogP contribution >= 0.6 is 0 Å². The highest BCUT2D eigenvalue weighted by Crippen LogP contribution is 2.09. The van der Waals surface area contributed by atoms with Gasteiger partial charge in [0.25, 0.3) is 0 Å². The predicted molar refractivity (Wildman–Crippen MR) is 94.3 cm³/mol. The monoisotopic (exact) mass is 474 g/mol. The molecule has 0 saturated carbocycles. The Morgan fingerprint density at radius 3 is 1.46 bits per heavy atom. The van der Waals surface area contributed by atoms with Crippen LogP contribution in [0.1, 0.15) is 0 Å². The number of rotatable bonds is 4. The third-order valence-corrected chi connectivity index (χ3v) is 4.39. The van der Waals surface area contributed by atoms with Gasteiger partial charge in [0.15, 0.2) is 31.6 Å². The van der Waals surface area contributed by atoms with E-state index in [1.807, 2.05) is 48.8 Å². The summed E-state index contributed by atoms with van der Waals surface area (Å²) in [6, 6.07) is 24.8. The second kappa shape index (κ2) is 9.21. The van der Waals surface area contributed by atoms with Crippen LogP contribution in [-0.2, 0) is 13.1 Å². The summed E-state index contributed by atoms with van der Waals surface area (Å²) < 4.78 is 4.23. The molecule has 0 aliphatic heterocycles. The van der Waals surface area contributed by atoms with E-state index in [0.29, 0.717) is 13.1 Å². The van der Waals surface area contributed by atoms with Crippen molar-refractivity contribution in [2.75, 3.05) is 0 Å². The fourth-order valence-electron chi connectivity index (χ4n) is 3.27. The molecule has 0 atom stereocenters. The average Bonchev–Trinajstić information content (AvgIpc) is 2.62. The number of fused-ring (bicyclic) bond motifs is 2. The van der Waals surface area contributed by atoms with Gasteiger partial charge in [0.2, 0.25) is 11.0 Å². The van der Waals surface area contributed by atoms with Gasteiger partial charge in [-0.15, -0.1) is 0 Å². The molecule has 0 unspecified atom stereocenters. The normalized spacial score (nSPS) is 10.5. The van der Waals surface area contributed by atoms with E-state index in [4.69, 9.17) is 0 Å². The smallest absolute Gasteiger partial charge is 0.212 e. The van der Waals surface area contributed by atoms with Gasteiger partial charge in [-0.2, -0.15) is 9.13 Å². The molecule has 0 aliphatic carbocycles. The molecule has 4 rings (SSSR count). The maximum Gasteiger partial charge on any atom is 0.212 e. The Morgan fingerprint density at radius 2 is 1.00 bits per heavy atom. The second-order valence-electron chi connectivity index (χ2n) is 6.09. The molecule has 0 fully saturated rings. The molecule has 0 amide bonds. The van der Waals surface area contributed by atoms with Crippen molar-refractivity contribution in [2.24, 2.45) is 0 Å². The Labute approximate surface area is 174 Å². The van der Waals surface area contributed by atoms with Gasteiger partial charge in [-0.1, -0.05) is 24.3 Å². The lowest BCUT2D eigenvalue weighted by Crippen LogP contribution is -3.00. The van der Waals surface area contributed by atoms with Gasteiger partial charge in [0.05, 0.1) is 0 Å². The van der Waals surface area contributed by atoms with Gasteiger partial charge in [-0.25, -0.2) is 0 Å². The van der Waals surface area contributed by atoms with Crippen molar-refractivity contribution in [3.8, 4) is 0 Å². The zero-order valence-electron chi connectivity index (χ0n) is 14.2. The summed E-state index contributed by atoms with van der Waals surface area (Å²) in [5, 5.41) is 13.0. The van der Waals surface area contributed by atoms with Crippen molar-refractivity contribution in [2.45, 2.75) is 19.2 Å². The van der Waals surface area contributed by atoms with E-state index >= 15 is 0 Å². The molecule has 2 aromatic heterocycles. The molecule has 5 heteroatoms. The molecule has 0 spiro atoms. The lowest BCUT2D eigenvalue weighted by Gasteiger charge is -2.07. The third kappa shape index (κ3) is 4.29. The van der Waals surface area contributed by atoms with Crippen molar-refractivity contribution < 1.29 is 48.2 Å². The highest BCUT2D eigenvalue weighted by molar-refractivity contribution is 5.75. The minimum atomic E-state index is -0.461. The van der Waals surface area contributed by atoms with Gasteiger partial charge >= 0.3 is 0 Å². The first kappa shape index (κ1) is 20.5. The highest BCUT2D eigenvalue weighted by atomic mass is 79.9. The van der Waals surface area contributed by atoms with Crippen LogP contribution in [-0.4, -0.2) is 11.2 Å². The van der Waals surface area contributed by atoms with E-state index in [-0.39, 0.29) is 34.0 Å². The van der Waals surface area contributed by atoms with Crippen LogP contribution in [0.3, 0.4) is 0 Å². The van der Waals surface area contributed by atoms with Gasteiger partial charge in [0.1, 0.15) is 0 Å². The summed E-state index contributed by atoms with van der Waals surface area (Å²) in [5.41, 5.74) is 2.28. The first-order valence-corrected chi connectivity index (χ1v) is 8.24. The number of aliphatic hydroxyl groups is 1. The quantitative estimate of drug-likeness (QED) is 0.307. The molecule has 26 heavy (non-hydrogen) atoms. The lowest BCUT2D eigenvalue weighted by atomic mass is 10.2. The van der Waals surface area contributed by atoms with Gasteiger partial charge in [0, 0.05) is 35.0 Å². The number of aliphatic hydroxyl groups excluding tert-OH is 1. The standard InChI is InChI=1S/C21H20N2O.2BrH/c24-19(15-22-13-5-9-17-7-1-3-11-20(17)22)16-23-14-6-10-18-8-2-4-12-21(18)23;;/h1-14,19,24H,15-16H2;2*1H/q+2;;/p-2. The van der Waals surface area contributed by atoms with Crippen molar-refractivity contribution >= 4 is 21.8 Å². The molecule has 0 bridgehead atoms. The number of para-hydroxylation sites is 2. The van der Waals surface area contributed by atoms with Crippen LogP contribution < -0.4 is 43.1 Å². The van der Waals surface area contributed by atoms with Crippen LogP contribution in [0, 0.1) is 0 Å². The molecule has 2 aromatic carbocycles. The van der Waals surface area contributed by atoms with E-state index in [0.717, 1.165) is 11.0 Å². The molecule has 3 nitrogen and oxygen atoms in total. The highest BCUT2D eigenvalue weighted by Gasteiger charge is 2.19. The van der Waals surface area contributed by atoms with Crippen LogP contribution in [0.5, 0.6) is 0 Å². The zero-order chi connectivity index (χ0) is 16.4. The fourth-order valence-corrected chi connectivity index (χ4v) is 3.27. The van der Waals surface area contributed by atoms with E-state index in [2.05, 4.69) is 45.5 Å². The Bertz CT molecular complexity index is 915. The summed E-state index contributed by atoms with van der Waals surface area (Å²) in [5.74, 6) is 0. The summed E-state index contributed by atoms with van der Waals surface area (Å²) in [7, 11) is 0. The zero-order valence-corrected chi connectivity index (χ0v) is 17.3. The fraction of sp³-hybridized carbons (Fsp3) is 0.143. The van der Waals surface area contributed by atoms with Gasteiger partial charge in [-0.3, -0.25) is 0 Å². The molecular formula is C21H20Br2N2O. The maximum absolute atomic E-state index is 10.6. The molecule has 1 N–H and O–H groups in total. The molecule has 134 valence electrons. The van der Waals surface area contributed by atoms with E-state index in [1.54, 1.807) is 0 Å². The number of hydrogen-bond donors (Lipinski definition) is 1. The van der Waals surface area contributed by atoms with Crippen molar-refractivity contribution in [1.82, 2.24) is 0 Å². The molecule has 0 saturated heterocycles. The first-order valence-electron chi connectivity index (χ1n) is 8.24. The molecule has 4 aromatic rings. The van der Waals surface area contributed by atoms with Crippen LogP contribution in [0.25, 0.3) is 21.8 Å². The van der Waals surface area contributed by atoms with E-state index < -0.39 is 6.10 Å². The Kier molecular flexibility index (Phi) is 7.26. The second-order valence-corrected chi connectivity index (χ2v) is 6.09. The SMILES string of the molecule is OC(C[n+]1cccc2ccccc21)C[n+]1cccc2ccccc21.[Br-].[Br-]. The summed E-state index contributed by atoms with van der Waals surface area (Å²) in [6.45, 7) is 1.13. The van der Waals surface area contributed by atoms with E-state index in [9.17, 15) is 5.11 Å². The molecule has 0 radical (unpaired) electrons. The summed E-state index contributed by atoms with van der Waals surface area (Å²) >= 11 is 0.